The van der Waals surface area contributed by atoms with E-state index in [-0.39, 0.29) is 6.61 Å². The van der Waals surface area contributed by atoms with Gasteiger partial charge in [0.15, 0.2) is 0 Å². The standard InChI is InChI=1S/C8H20N.C5H14NO4P/c1-5-9(6-2,7-3)8-4;1-6(2,3)4-5-10-11(7,8)9/h5-8H2,1-4H3;4-5H2,1-3H3,(H-,7,8,9)/q+1;/p-1. The Bertz CT molecular complexity index is 265. The summed E-state index contributed by atoms with van der Waals surface area (Å²) in [5, 5.41) is 0. The third-order valence-electron chi connectivity index (χ3n) is 3.69. The molecule has 0 amide bonds. The number of hydrogen-bond donors (Lipinski definition) is 0. The van der Waals surface area contributed by atoms with Crippen LogP contribution in [-0.4, -0.2) is 69.4 Å². The molecule has 6 nitrogen and oxygen atoms in total. The summed E-state index contributed by atoms with van der Waals surface area (Å²) in [5.74, 6) is 0. The van der Waals surface area contributed by atoms with E-state index in [4.69, 9.17) is 0 Å². The zero-order chi connectivity index (χ0) is 16.4. The van der Waals surface area contributed by atoms with Crippen molar-refractivity contribution in [1.82, 2.24) is 0 Å². The van der Waals surface area contributed by atoms with Crippen LogP contribution in [0.25, 0.3) is 0 Å². The maximum atomic E-state index is 9.96. The minimum absolute atomic E-state index is 0.0478. The molecule has 0 saturated heterocycles. The number of phosphoric ester groups is 1. The number of rotatable bonds is 8. The second-order valence-corrected chi connectivity index (χ2v) is 7.05. The summed E-state index contributed by atoms with van der Waals surface area (Å²) in [6.07, 6.45) is 0. The second kappa shape index (κ2) is 9.87. The maximum absolute atomic E-state index is 9.96. The molecule has 7 heteroatoms. The van der Waals surface area contributed by atoms with Crippen molar-refractivity contribution in [3.8, 4) is 0 Å². The topological polar surface area (TPSA) is 72.4 Å². The van der Waals surface area contributed by atoms with Crippen LogP contribution in [-0.2, 0) is 9.09 Å². The lowest BCUT2D eigenvalue weighted by molar-refractivity contribution is -0.921. The Morgan fingerprint density at radius 3 is 1.40 bits per heavy atom. The predicted molar refractivity (Wildman–Crippen MR) is 78.9 cm³/mol. The van der Waals surface area contributed by atoms with Crippen LogP contribution in [0.3, 0.4) is 0 Å². The normalized spacial score (nSPS) is 12.8. The van der Waals surface area contributed by atoms with E-state index < -0.39 is 7.82 Å². The van der Waals surface area contributed by atoms with Crippen molar-refractivity contribution in [2.45, 2.75) is 27.7 Å². The van der Waals surface area contributed by atoms with Gasteiger partial charge in [0.1, 0.15) is 13.2 Å². The molecule has 0 radical (unpaired) electrons. The molecule has 0 aromatic rings. The molecule has 0 aliphatic heterocycles. The van der Waals surface area contributed by atoms with Crippen LogP contribution in [0.4, 0.5) is 0 Å². The van der Waals surface area contributed by atoms with Crippen LogP contribution in [0.1, 0.15) is 27.7 Å². The summed E-state index contributed by atoms with van der Waals surface area (Å²) >= 11 is 0. The molecule has 0 aliphatic carbocycles. The third-order valence-corrected chi connectivity index (χ3v) is 4.19. The summed E-state index contributed by atoms with van der Waals surface area (Å²) in [7, 11) is 0.875. The summed E-state index contributed by atoms with van der Waals surface area (Å²) < 4.78 is 15.8. The summed E-state index contributed by atoms with van der Waals surface area (Å²) in [5.41, 5.74) is 0. The Labute approximate surface area is 124 Å². The van der Waals surface area contributed by atoms with Gasteiger partial charge in [-0.25, -0.2) is 0 Å². The lowest BCUT2D eigenvalue weighted by Crippen LogP contribution is -2.47. The van der Waals surface area contributed by atoms with Gasteiger partial charge in [0, 0.05) is 0 Å². The van der Waals surface area contributed by atoms with Gasteiger partial charge in [-0.05, 0) is 27.7 Å². The molecule has 124 valence electrons. The highest BCUT2D eigenvalue weighted by Gasteiger charge is 2.16. The Kier molecular flexibility index (Phi) is 11.0. The second-order valence-electron chi connectivity index (χ2n) is 5.90. The van der Waals surface area contributed by atoms with Gasteiger partial charge in [-0.2, -0.15) is 0 Å². The van der Waals surface area contributed by atoms with Crippen molar-refractivity contribution in [1.29, 1.82) is 0 Å². The molecule has 0 atom stereocenters. The van der Waals surface area contributed by atoms with Gasteiger partial charge in [0.2, 0.25) is 0 Å². The van der Waals surface area contributed by atoms with E-state index in [1.807, 2.05) is 21.1 Å². The lowest BCUT2D eigenvalue weighted by Gasteiger charge is -2.34. The molecule has 0 aromatic carbocycles. The molecule has 0 rings (SSSR count). The molecule has 0 spiro atoms. The Hall–Kier alpha value is 0.0300. The van der Waals surface area contributed by atoms with Crippen LogP contribution in [0.2, 0.25) is 0 Å². The highest BCUT2D eigenvalue weighted by molar-refractivity contribution is 7.43. The maximum Gasteiger partial charge on any atom is 0.102 e. The fourth-order valence-electron chi connectivity index (χ4n) is 1.77. The molecule has 0 saturated carbocycles. The molecule has 20 heavy (non-hydrogen) atoms. The number of phosphoric acid groups is 1. The molecular weight excluding hydrogens is 279 g/mol. The van der Waals surface area contributed by atoms with E-state index in [1.165, 1.54) is 30.7 Å². The molecule has 0 N–H and O–H groups in total. The quantitative estimate of drug-likeness (QED) is 0.481. The fourth-order valence-corrected chi connectivity index (χ4v) is 2.07. The first-order chi connectivity index (χ1) is 8.95. The number of hydrogen-bond acceptors (Lipinski definition) is 4. The highest BCUT2D eigenvalue weighted by atomic mass is 31.2. The van der Waals surface area contributed by atoms with Crippen LogP contribution in [0, 0.1) is 0 Å². The van der Waals surface area contributed by atoms with Gasteiger partial charge in [-0.3, -0.25) is 0 Å². The van der Waals surface area contributed by atoms with Gasteiger partial charge in [0.05, 0.1) is 55.1 Å². The Morgan fingerprint density at radius 1 is 0.900 bits per heavy atom. The van der Waals surface area contributed by atoms with E-state index >= 15 is 0 Å². The van der Waals surface area contributed by atoms with Crippen LogP contribution >= 0.6 is 7.82 Å². The zero-order valence-electron chi connectivity index (χ0n) is 14.2. The van der Waals surface area contributed by atoms with E-state index in [0.29, 0.717) is 11.0 Å². The zero-order valence-corrected chi connectivity index (χ0v) is 15.1. The smallest absolute Gasteiger partial charge is 0.102 e. The van der Waals surface area contributed by atoms with E-state index in [1.54, 1.807) is 0 Å². The first kappa shape index (κ1) is 22.3. The molecule has 0 aliphatic rings. The van der Waals surface area contributed by atoms with E-state index in [2.05, 4.69) is 32.2 Å². The van der Waals surface area contributed by atoms with Crippen molar-refractivity contribution in [3.63, 3.8) is 0 Å². The van der Waals surface area contributed by atoms with E-state index in [9.17, 15) is 14.4 Å². The van der Waals surface area contributed by atoms with Crippen molar-refractivity contribution in [3.05, 3.63) is 0 Å². The minimum Gasteiger partial charge on any atom is -0.790 e. The molecule has 0 heterocycles. The molecular formula is C13H33N2O4P. The minimum atomic E-state index is -4.76. The third kappa shape index (κ3) is 13.0. The van der Waals surface area contributed by atoms with Crippen molar-refractivity contribution in [2.24, 2.45) is 0 Å². The monoisotopic (exact) mass is 312 g/mol. The van der Waals surface area contributed by atoms with Gasteiger partial charge in [-0.1, -0.05) is 0 Å². The summed E-state index contributed by atoms with van der Waals surface area (Å²) in [6.45, 7) is 14.7. The van der Waals surface area contributed by atoms with Gasteiger partial charge in [0.25, 0.3) is 0 Å². The largest absolute Gasteiger partial charge is 0.790 e. The Morgan fingerprint density at radius 2 is 1.25 bits per heavy atom. The number of likely N-dealkylation sites (N-methyl/N-ethyl adjacent to an activating group) is 1. The van der Waals surface area contributed by atoms with Crippen LogP contribution in [0.5, 0.6) is 0 Å². The highest BCUT2D eigenvalue weighted by Crippen LogP contribution is 2.23. The fraction of sp³-hybridized carbons (Fsp3) is 1.00. The SMILES string of the molecule is CC[N+](CC)(CC)CC.C[N+](C)(C)CCOP(=O)([O-])[O-]. The van der Waals surface area contributed by atoms with Crippen LogP contribution < -0.4 is 9.79 Å². The van der Waals surface area contributed by atoms with E-state index in [0.717, 1.165) is 0 Å². The molecule has 0 aromatic heterocycles. The molecule has 0 bridgehead atoms. The number of quaternary nitrogens is 2. The van der Waals surface area contributed by atoms with Gasteiger partial charge in [-0.15, -0.1) is 0 Å². The van der Waals surface area contributed by atoms with Crippen molar-refractivity contribution >= 4 is 7.82 Å². The first-order valence-corrected chi connectivity index (χ1v) is 8.73. The number of nitrogens with zero attached hydrogens (tertiary/aromatic N) is 2. The average Bonchev–Trinajstić information content (AvgIpc) is 2.30. The first-order valence-electron chi connectivity index (χ1n) is 7.27. The summed E-state index contributed by atoms with van der Waals surface area (Å²) in [6, 6.07) is 0. The molecule has 0 fully saturated rings. The van der Waals surface area contributed by atoms with Crippen molar-refractivity contribution in [2.75, 3.05) is 60.5 Å². The lowest BCUT2D eigenvalue weighted by atomic mass is 10.3. The predicted octanol–water partition coefficient (Wildman–Crippen LogP) is 0.421. The summed E-state index contributed by atoms with van der Waals surface area (Å²) in [4.78, 5) is 19.9. The Balaban J connectivity index is 0. The van der Waals surface area contributed by atoms with Crippen molar-refractivity contribution < 1.29 is 27.8 Å². The van der Waals surface area contributed by atoms with Gasteiger partial charge < -0.3 is 27.8 Å². The average molecular weight is 312 g/mol. The molecule has 0 unspecified atom stereocenters. The van der Waals surface area contributed by atoms with Crippen LogP contribution in [0.15, 0.2) is 0 Å². The van der Waals surface area contributed by atoms with Gasteiger partial charge >= 0.3 is 0 Å².